The van der Waals surface area contributed by atoms with Gasteiger partial charge < -0.3 is 11.1 Å². The fourth-order valence-electron chi connectivity index (χ4n) is 2.34. The third-order valence-corrected chi connectivity index (χ3v) is 3.74. The Morgan fingerprint density at radius 1 is 1.38 bits per heavy atom. The SMILES string of the molecule is CCC(=O)Nc1cc(C2CC2)n(-c2ccc(CN)cc2)n1. The third-order valence-electron chi connectivity index (χ3n) is 3.74. The van der Waals surface area contributed by atoms with Crippen molar-refractivity contribution in [3.8, 4) is 5.69 Å². The van der Waals surface area contributed by atoms with Crippen LogP contribution in [0.5, 0.6) is 0 Å². The summed E-state index contributed by atoms with van der Waals surface area (Å²) in [6, 6.07) is 10.1. The van der Waals surface area contributed by atoms with Gasteiger partial charge in [0.2, 0.25) is 5.91 Å². The van der Waals surface area contributed by atoms with Gasteiger partial charge in [-0.2, -0.15) is 0 Å². The van der Waals surface area contributed by atoms with Gasteiger partial charge in [-0.1, -0.05) is 19.1 Å². The molecule has 5 heteroatoms. The van der Waals surface area contributed by atoms with Crippen molar-refractivity contribution in [2.24, 2.45) is 5.73 Å². The van der Waals surface area contributed by atoms with Gasteiger partial charge in [0.15, 0.2) is 5.82 Å². The van der Waals surface area contributed by atoms with E-state index in [2.05, 4.69) is 10.4 Å². The number of benzene rings is 1. The molecule has 3 rings (SSSR count). The second kappa shape index (κ2) is 5.69. The molecule has 110 valence electrons. The van der Waals surface area contributed by atoms with Crippen LogP contribution in [0.15, 0.2) is 30.3 Å². The van der Waals surface area contributed by atoms with E-state index in [1.807, 2.05) is 41.9 Å². The average molecular weight is 284 g/mol. The Bertz CT molecular complexity index is 641. The van der Waals surface area contributed by atoms with Gasteiger partial charge in [0.25, 0.3) is 0 Å². The first-order valence-electron chi connectivity index (χ1n) is 7.40. The summed E-state index contributed by atoms with van der Waals surface area (Å²) in [7, 11) is 0. The Labute approximate surface area is 124 Å². The molecular weight excluding hydrogens is 264 g/mol. The van der Waals surface area contributed by atoms with E-state index in [0.717, 1.165) is 11.3 Å². The van der Waals surface area contributed by atoms with Crippen LogP contribution in [0.4, 0.5) is 5.82 Å². The minimum absolute atomic E-state index is 0.0134. The van der Waals surface area contributed by atoms with Crippen LogP contribution in [0.3, 0.4) is 0 Å². The van der Waals surface area contributed by atoms with Crippen LogP contribution in [0.2, 0.25) is 0 Å². The van der Waals surface area contributed by atoms with Crippen molar-refractivity contribution in [3.05, 3.63) is 41.6 Å². The number of hydrogen-bond acceptors (Lipinski definition) is 3. The minimum atomic E-state index is -0.0134. The maximum absolute atomic E-state index is 11.5. The van der Waals surface area contributed by atoms with Crippen molar-refractivity contribution in [2.45, 2.75) is 38.6 Å². The highest BCUT2D eigenvalue weighted by molar-refractivity contribution is 5.89. The smallest absolute Gasteiger partial charge is 0.225 e. The maximum Gasteiger partial charge on any atom is 0.225 e. The van der Waals surface area contributed by atoms with Gasteiger partial charge in [-0.3, -0.25) is 4.79 Å². The van der Waals surface area contributed by atoms with Gasteiger partial charge in [0, 0.05) is 30.6 Å². The Morgan fingerprint density at radius 3 is 2.67 bits per heavy atom. The summed E-state index contributed by atoms with van der Waals surface area (Å²) in [5.41, 5.74) is 8.90. The summed E-state index contributed by atoms with van der Waals surface area (Å²) >= 11 is 0. The maximum atomic E-state index is 11.5. The first-order chi connectivity index (χ1) is 10.2. The largest absolute Gasteiger partial charge is 0.326 e. The predicted octanol–water partition coefficient (Wildman–Crippen LogP) is 2.56. The monoisotopic (exact) mass is 284 g/mol. The number of carbonyl (C=O) groups excluding carboxylic acids is 1. The second-order valence-electron chi connectivity index (χ2n) is 5.41. The zero-order valence-corrected chi connectivity index (χ0v) is 12.2. The number of nitrogens with one attached hydrogen (secondary N) is 1. The van der Waals surface area contributed by atoms with E-state index in [0.29, 0.717) is 24.7 Å². The summed E-state index contributed by atoms with van der Waals surface area (Å²) in [6.45, 7) is 2.37. The summed E-state index contributed by atoms with van der Waals surface area (Å²) in [6.07, 6.45) is 2.83. The Kier molecular flexibility index (Phi) is 3.75. The van der Waals surface area contributed by atoms with Crippen molar-refractivity contribution >= 4 is 11.7 Å². The highest BCUT2D eigenvalue weighted by Gasteiger charge is 2.28. The molecule has 1 fully saturated rings. The van der Waals surface area contributed by atoms with E-state index < -0.39 is 0 Å². The van der Waals surface area contributed by atoms with Crippen LogP contribution in [0.1, 0.15) is 43.4 Å². The van der Waals surface area contributed by atoms with Crippen molar-refractivity contribution < 1.29 is 4.79 Å². The molecule has 1 aliphatic carbocycles. The molecule has 1 saturated carbocycles. The summed E-state index contributed by atoms with van der Waals surface area (Å²) in [5, 5.41) is 7.38. The Hall–Kier alpha value is -2.14. The highest BCUT2D eigenvalue weighted by Crippen LogP contribution is 2.41. The van der Waals surface area contributed by atoms with Gasteiger partial charge in [0.05, 0.1) is 5.69 Å². The van der Waals surface area contributed by atoms with Crippen LogP contribution in [0.25, 0.3) is 5.69 Å². The highest BCUT2D eigenvalue weighted by atomic mass is 16.1. The third kappa shape index (κ3) is 2.97. The van der Waals surface area contributed by atoms with E-state index in [9.17, 15) is 4.79 Å². The lowest BCUT2D eigenvalue weighted by molar-refractivity contribution is -0.115. The standard InChI is InChI=1S/C16H20N4O/c1-2-16(21)18-15-9-14(12-5-6-12)20(19-15)13-7-3-11(10-17)4-8-13/h3-4,7-9,12H,2,5-6,10,17H2,1H3,(H,18,19,21). The van der Waals surface area contributed by atoms with Crippen molar-refractivity contribution in [3.63, 3.8) is 0 Å². The number of rotatable bonds is 5. The number of anilines is 1. The first-order valence-corrected chi connectivity index (χ1v) is 7.40. The quantitative estimate of drug-likeness (QED) is 0.886. The first kappa shape index (κ1) is 13.8. The molecule has 1 aliphatic rings. The molecule has 1 amide bonds. The zero-order valence-electron chi connectivity index (χ0n) is 12.2. The second-order valence-corrected chi connectivity index (χ2v) is 5.41. The van der Waals surface area contributed by atoms with E-state index in [4.69, 9.17) is 5.73 Å². The van der Waals surface area contributed by atoms with Crippen LogP contribution in [-0.4, -0.2) is 15.7 Å². The van der Waals surface area contributed by atoms with E-state index in [1.165, 1.54) is 18.5 Å². The van der Waals surface area contributed by atoms with E-state index >= 15 is 0 Å². The van der Waals surface area contributed by atoms with Crippen molar-refractivity contribution in [1.29, 1.82) is 0 Å². The Morgan fingerprint density at radius 2 is 2.10 bits per heavy atom. The number of nitrogens with zero attached hydrogens (tertiary/aromatic N) is 2. The number of nitrogens with two attached hydrogens (primary N) is 1. The number of hydrogen-bond donors (Lipinski definition) is 2. The molecule has 0 atom stereocenters. The van der Waals surface area contributed by atoms with E-state index in [1.54, 1.807) is 0 Å². The molecule has 0 spiro atoms. The summed E-state index contributed by atoms with van der Waals surface area (Å²) in [4.78, 5) is 11.5. The molecule has 3 N–H and O–H groups in total. The van der Waals surface area contributed by atoms with Crippen LogP contribution < -0.4 is 11.1 Å². The molecule has 0 aliphatic heterocycles. The van der Waals surface area contributed by atoms with Gasteiger partial charge in [-0.05, 0) is 30.5 Å². The number of aromatic nitrogens is 2. The van der Waals surface area contributed by atoms with Gasteiger partial charge in [-0.15, -0.1) is 5.10 Å². The average Bonchev–Trinajstić information content (AvgIpc) is 3.28. The van der Waals surface area contributed by atoms with Gasteiger partial charge in [-0.25, -0.2) is 4.68 Å². The van der Waals surface area contributed by atoms with Crippen molar-refractivity contribution in [1.82, 2.24) is 9.78 Å². The fourth-order valence-corrected chi connectivity index (χ4v) is 2.34. The number of amides is 1. The van der Waals surface area contributed by atoms with Gasteiger partial charge >= 0.3 is 0 Å². The van der Waals surface area contributed by atoms with Crippen LogP contribution >= 0.6 is 0 Å². The van der Waals surface area contributed by atoms with Crippen LogP contribution in [0, 0.1) is 0 Å². The predicted molar refractivity (Wildman–Crippen MR) is 82.4 cm³/mol. The summed E-state index contributed by atoms with van der Waals surface area (Å²) < 4.78 is 1.93. The lowest BCUT2D eigenvalue weighted by Gasteiger charge is -2.07. The van der Waals surface area contributed by atoms with Crippen molar-refractivity contribution in [2.75, 3.05) is 5.32 Å². The normalized spacial score (nSPS) is 14.2. The molecule has 1 aromatic carbocycles. The topological polar surface area (TPSA) is 72.9 Å². The summed E-state index contributed by atoms with van der Waals surface area (Å²) in [5.74, 6) is 1.17. The molecule has 5 nitrogen and oxygen atoms in total. The molecule has 2 aromatic rings. The number of carbonyl (C=O) groups is 1. The molecule has 1 heterocycles. The fraction of sp³-hybridized carbons (Fsp3) is 0.375. The molecule has 1 aromatic heterocycles. The van der Waals surface area contributed by atoms with Gasteiger partial charge in [0.1, 0.15) is 0 Å². The van der Waals surface area contributed by atoms with E-state index in [-0.39, 0.29) is 5.91 Å². The molecule has 0 saturated heterocycles. The molecule has 0 radical (unpaired) electrons. The van der Waals surface area contributed by atoms with Crippen LogP contribution in [-0.2, 0) is 11.3 Å². The molecular formula is C16H20N4O. The zero-order chi connectivity index (χ0) is 14.8. The Balaban J connectivity index is 1.93. The lowest BCUT2D eigenvalue weighted by atomic mass is 10.2. The molecule has 0 unspecified atom stereocenters. The minimum Gasteiger partial charge on any atom is -0.326 e. The molecule has 0 bridgehead atoms. The molecule has 21 heavy (non-hydrogen) atoms. The lowest BCUT2D eigenvalue weighted by Crippen LogP contribution is -2.10.